The van der Waals surface area contributed by atoms with E-state index in [4.69, 9.17) is 21.1 Å². The van der Waals surface area contributed by atoms with Crippen LogP contribution in [0.25, 0.3) is 6.08 Å². The Kier molecular flexibility index (Phi) is 6.49. The highest BCUT2D eigenvalue weighted by Crippen LogP contribution is 2.41. The van der Waals surface area contributed by atoms with Gasteiger partial charge in [0.15, 0.2) is 11.5 Å². The van der Waals surface area contributed by atoms with Gasteiger partial charge in [-0.05, 0) is 63.6 Å². The Morgan fingerprint density at radius 1 is 1.29 bits per heavy atom. The lowest BCUT2D eigenvalue weighted by Crippen LogP contribution is -2.27. The summed E-state index contributed by atoms with van der Waals surface area (Å²) in [7, 11) is 1.53. The van der Waals surface area contributed by atoms with Crippen molar-refractivity contribution in [2.75, 3.05) is 18.6 Å². The molecule has 5 nitrogen and oxygen atoms in total. The standard InChI is InChI=1S/C20H15BrClNO4S/c1-3-8-27-18-13(21)9-12(10-16(18)26-2)11-17-19(24)23(20(25)28-17)15-7-5-4-6-14(15)22/h3-7,9-11H,1,8H2,2H3/b17-11-. The van der Waals surface area contributed by atoms with Crippen molar-refractivity contribution in [3.05, 3.63) is 69.0 Å². The number of para-hydroxylation sites is 1. The molecule has 2 aromatic carbocycles. The molecule has 2 amide bonds. The molecular weight excluding hydrogens is 466 g/mol. The van der Waals surface area contributed by atoms with E-state index in [1.165, 1.54) is 7.11 Å². The number of ether oxygens (including phenoxy) is 2. The highest BCUT2D eigenvalue weighted by molar-refractivity contribution is 9.10. The molecule has 1 saturated heterocycles. The number of benzene rings is 2. The van der Waals surface area contributed by atoms with Crippen molar-refractivity contribution in [1.29, 1.82) is 0 Å². The molecule has 0 N–H and O–H groups in total. The summed E-state index contributed by atoms with van der Waals surface area (Å²) >= 11 is 10.4. The lowest BCUT2D eigenvalue weighted by molar-refractivity contribution is -0.113. The number of anilines is 1. The average Bonchev–Trinajstić information content (AvgIpc) is 2.94. The molecule has 0 bridgehead atoms. The van der Waals surface area contributed by atoms with E-state index in [0.29, 0.717) is 43.8 Å². The van der Waals surface area contributed by atoms with Crippen molar-refractivity contribution >= 4 is 62.2 Å². The Morgan fingerprint density at radius 3 is 2.71 bits per heavy atom. The summed E-state index contributed by atoms with van der Waals surface area (Å²) in [5.74, 6) is 0.599. The van der Waals surface area contributed by atoms with Gasteiger partial charge in [0.1, 0.15) is 6.61 Å². The van der Waals surface area contributed by atoms with Crippen LogP contribution in [-0.4, -0.2) is 24.9 Å². The van der Waals surface area contributed by atoms with E-state index in [0.717, 1.165) is 16.7 Å². The smallest absolute Gasteiger partial charge is 0.298 e. The zero-order valence-corrected chi connectivity index (χ0v) is 17.9. The molecule has 2 aromatic rings. The Hall–Kier alpha value is -2.22. The van der Waals surface area contributed by atoms with E-state index in [1.807, 2.05) is 0 Å². The third-order valence-corrected chi connectivity index (χ3v) is 5.56. The summed E-state index contributed by atoms with van der Waals surface area (Å²) in [6, 6.07) is 10.2. The first kappa shape index (κ1) is 20.5. The minimum atomic E-state index is -0.426. The normalized spacial score (nSPS) is 15.2. The largest absolute Gasteiger partial charge is 0.493 e. The van der Waals surface area contributed by atoms with Crippen LogP contribution in [0, 0.1) is 0 Å². The van der Waals surface area contributed by atoms with Crippen molar-refractivity contribution < 1.29 is 19.1 Å². The van der Waals surface area contributed by atoms with Crippen LogP contribution in [0.15, 0.2) is 58.4 Å². The number of thioether (sulfide) groups is 1. The molecule has 0 aromatic heterocycles. The van der Waals surface area contributed by atoms with Gasteiger partial charge >= 0.3 is 0 Å². The quantitative estimate of drug-likeness (QED) is 0.380. The predicted molar refractivity (Wildman–Crippen MR) is 116 cm³/mol. The minimum Gasteiger partial charge on any atom is -0.493 e. The Labute approximate surface area is 180 Å². The number of nitrogens with zero attached hydrogens (tertiary/aromatic N) is 1. The number of carbonyl (C=O) groups excluding carboxylic acids is 2. The lowest BCUT2D eigenvalue weighted by Gasteiger charge is -2.14. The summed E-state index contributed by atoms with van der Waals surface area (Å²) in [6.07, 6.45) is 3.26. The number of halogens is 2. The van der Waals surface area contributed by atoms with E-state index in [-0.39, 0.29) is 0 Å². The molecule has 0 radical (unpaired) electrons. The first-order valence-electron chi connectivity index (χ1n) is 8.10. The van der Waals surface area contributed by atoms with Crippen LogP contribution in [0.2, 0.25) is 5.02 Å². The van der Waals surface area contributed by atoms with Crippen LogP contribution in [0.5, 0.6) is 11.5 Å². The summed E-state index contributed by atoms with van der Waals surface area (Å²) in [6.45, 7) is 3.95. The third-order valence-electron chi connectivity index (χ3n) is 3.78. The zero-order chi connectivity index (χ0) is 20.3. The average molecular weight is 481 g/mol. The molecule has 28 heavy (non-hydrogen) atoms. The summed E-state index contributed by atoms with van der Waals surface area (Å²) in [5, 5.41) is -0.0690. The fourth-order valence-electron chi connectivity index (χ4n) is 2.57. The van der Waals surface area contributed by atoms with Crippen molar-refractivity contribution in [2.45, 2.75) is 0 Å². The van der Waals surface area contributed by atoms with Crippen molar-refractivity contribution in [3.8, 4) is 11.5 Å². The van der Waals surface area contributed by atoms with Gasteiger partial charge in [-0.25, -0.2) is 4.90 Å². The fourth-order valence-corrected chi connectivity index (χ4v) is 4.19. The Bertz CT molecular complexity index is 992. The van der Waals surface area contributed by atoms with Crippen molar-refractivity contribution in [2.24, 2.45) is 0 Å². The second-order valence-electron chi connectivity index (χ2n) is 5.60. The molecule has 0 spiro atoms. The van der Waals surface area contributed by atoms with Gasteiger partial charge in [-0.3, -0.25) is 9.59 Å². The van der Waals surface area contributed by atoms with E-state index in [9.17, 15) is 9.59 Å². The number of carbonyl (C=O) groups is 2. The molecule has 3 rings (SSSR count). The number of hydrogen-bond acceptors (Lipinski definition) is 5. The summed E-state index contributed by atoms with van der Waals surface area (Å²) in [5.41, 5.74) is 1.04. The number of hydrogen-bond donors (Lipinski definition) is 0. The summed E-state index contributed by atoms with van der Waals surface area (Å²) in [4.78, 5) is 26.6. The van der Waals surface area contributed by atoms with E-state index < -0.39 is 11.1 Å². The number of imide groups is 1. The first-order chi connectivity index (χ1) is 13.5. The van der Waals surface area contributed by atoms with Crippen LogP contribution >= 0.6 is 39.3 Å². The SMILES string of the molecule is C=CCOc1c(Br)cc(/C=C2\SC(=O)N(c3ccccc3Cl)C2=O)cc1OC. The van der Waals surface area contributed by atoms with Gasteiger partial charge in [0, 0.05) is 0 Å². The Balaban J connectivity index is 1.95. The molecule has 0 unspecified atom stereocenters. The van der Waals surface area contributed by atoms with Gasteiger partial charge in [0.2, 0.25) is 0 Å². The zero-order valence-electron chi connectivity index (χ0n) is 14.8. The van der Waals surface area contributed by atoms with Gasteiger partial charge in [-0.15, -0.1) is 0 Å². The molecule has 0 saturated carbocycles. The topological polar surface area (TPSA) is 55.8 Å². The van der Waals surface area contributed by atoms with Crippen LogP contribution in [0.4, 0.5) is 10.5 Å². The number of methoxy groups -OCH3 is 1. The van der Waals surface area contributed by atoms with Crippen LogP contribution in [0.1, 0.15) is 5.56 Å². The van der Waals surface area contributed by atoms with E-state index in [1.54, 1.807) is 48.6 Å². The second kappa shape index (κ2) is 8.86. The van der Waals surface area contributed by atoms with E-state index in [2.05, 4.69) is 22.5 Å². The van der Waals surface area contributed by atoms with E-state index >= 15 is 0 Å². The molecular formula is C20H15BrClNO4S. The molecule has 0 atom stereocenters. The first-order valence-corrected chi connectivity index (χ1v) is 10.1. The highest BCUT2D eigenvalue weighted by atomic mass is 79.9. The molecule has 144 valence electrons. The van der Waals surface area contributed by atoms with Crippen LogP contribution < -0.4 is 14.4 Å². The van der Waals surface area contributed by atoms with Crippen LogP contribution in [0.3, 0.4) is 0 Å². The fraction of sp³-hybridized carbons (Fsp3) is 0.100. The molecule has 8 heteroatoms. The van der Waals surface area contributed by atoms with Gasteiger partial charge in [0.05, 0.1) is 27.2 Å². The molecule has 1 aliphatic rings. The lowest BCUT2D eigenvalue weighted by atomic mass is 10.1. The molecule has 1 fully saturated rings. The maximum Gasteiger partial charge on any atom is 0.298 e. The van der Waals surface area contributed by atoms with Crippen LogP contribution in [-0.2, 0) is 4.79 Å². The van der Waals surface area contributed by atoms with Gasteiger partial charge in [-0.1, -0.05) is 36.4 Å². The number of amides is 2. The second-order valence-corrected chi connectivity index (χ2v) is 7.86. The van der Waals surface area contributed by atoms with Gasteiger partial charge < -0.3 is 9.47 Å². The molecule has 1 heterocycles. The van der Waals surface area contributed by atoms with Crippen molar-refractivity contribution in [1.82, 2.24) is 0 Å². The molecule has 1 aliphatic heterocycles. The number of rotatable bonds is 6. The minimum absolute atomic E-state index is 0.290. The third kappa shape index (κ3) is 4.11. The monoisotopic (exact) mass is 479 g/mol. The summed E-state index contributed by atoms with van der Waals surface area (Å²) < 4.78 is 11.6. The predicted octanol–water partition coefficient (Wildman–Crippen LogP) is 5.92. The van der Waals surface area contributed by atoms with Crippen molar-refractivity contribution in [3.63, 3.8) is 0 Å². The Morgan fingerprint density at radius 2 is 2.04 bits per heavy atom. The highest BCUT2D eigenvalue weighted by Gasteiger charge is 2.37. The van der Waals surface area contributed by atoms with Gasteiger partial charge in [0.25, 0.3) is 11.1 Å². The maximum absolute atomic E-state index is 12.8. The molecule has 0 aliphatic carbocycles. The maximum atomic E-state index is 12.8. The van der Waals surface area contributed by atoms with Gasteiger partial charge in [-0.2, -0.15) is 0 Å².